The lowest BCUT2D eigenvalue weighted by molar-refractivity contribution is -0.384. The molecule has 27 heavy (non-hydrogen) atoms. The fraction of sp³-hybridized carbons (Fsp3) is 0.316. The fourth-order valence-corrected chi connectivity index (χ4v) is 3.34. The first kappa shape index (κ1) is 19.1. The van der Waals surface area contributed by atoms with Gasteiger partial charge in [0.05, 0.1) is 11.5 Å². The average molecular weight is 389 g/mol. The van der Waals surface area contributed by atoms with Gasteiger partial charge in [0.25, 0.3) is 5.69 Å². The number of nitrogens with one attached hydrogen (secondary N) is 1. The monoisotopic (exact) mass is 388 g/mol. The Kier molecular flexibility index (Phi) is 5.93. The zero-order valence-electron chi connectivity index (χ0n) is 15.0. The molecule has 0 bridgehead atoms. The van der Waals surface area contributed by atoms with Gasteiger partial charge in [-0.25, -0.2) is 0 Å². The number of rotatable bonds is 5. The Bertz CT molecular complexity index is 833. The summed E-state index contributed by atoms with van der Waals surface area (Å²) in [5.41, 5.74) is 2.75. The molecule has 0 unspecified atom stereocenters. The van der Waals surface area contributed by atoms with Crippen molar-refractivity contribution in [2.24, 2.45) is 0 Å². The number of hydrogen-bond acceptors (Lipinski definition) is 5. The van der Waals surface area contributed by atoms with Crippen LogP contribution in [-0.2, 0) is 4.79 Å². The number of amides is 1. The Morgan fingerprint density at radius 3 is 2.41 bits per heavy atom. The predicted molar refractivity (Wildman–Crippen MR) is 107 cm³/mol. The lowest BCUT2D eigenvalue weighted by Crippen LogP contribution is -2.48. The van der Waals surface area contributed by atoms with E-state index in [-0.39, 0.29) is 11.6 Å². The normalized spacial score (nSPS) is 14.8. The molecule has 0 aromatic heterocycles. The molecule has 1 heterocycles. The lowest BCUT2D eigenvalue weighted by Gasteiger charge is -2.35. The number of nitro groups is 1. The van der Waals surface area contributed by atoms with Crippen LogP contribution in [0, 0.1) is 17.0 Å². The highest BCUT2D eigenvalue weighted by molar-refractivity contribution is 6.30. The smallest absolute Gasteiger partial charge is 0.269 e. The van der Waals surface area contributed by atoms with Crippen molar-refractivity contribution < 1.29 is 9.72 Å². The molecule has 1 N–H and O–H groups in total. The minimum atomic E-state index is -0.400. The molecular weight excluding hydrogens is 368 g/mol. The molecule has 0 spiro atoms. The Hall–Kier alpha value is -2.64. The van der Waals surface area contributed by atoms with Crippen LogP contribution >= 0.6 is 11.6 Å². The van der Waals surface area contributed by atoms with Crippen LogP contribution in [0.5, 0.6) is 0 Å². The van der Waals surface area contributed by atoms with Gasteiger partial charge in [-0.15, -0.1) is 0 Å². The molecule has 0 aliphatic carbocycles. The first-order valence-corrected chi connectivity index (χ1v) is 9.08. The number of carbonyl (C=O) groups is 1. The number of benzene rings is 2. The van der Waals surface area contributed by atoms with Crippen molar-refractivity contribution in [1.82, 2.24) is 4.90 Å². The van der Waals surface area contributed by atoms with Crippen LogP contribution < -0.4 is 10.2 Å². The van der Waals surface area contributed by atoms with Crippen molar-refractivity contribution in [2.75, 3.05) is 42.9 Å². The summed E-state index contributed by atoms with van der Waals surface area (Å²) in [6, 6.07) is 12.0. The predicted octanol–water partition coefficient (Wildman–Crippen LogP) is 3.32. The van der Waals surface area contributed by atoms with E-state index in [9.17, 15) is 14.9 Å². The van der Waals surface area contributed by atoms with E-state index in [1.165, 1.54) is 12.1 Å². The molecular formula is C19H21ClN4O3. The van der Waals surface area contributed by atoms with Crippen molar-refractivity contribution >= 4 is 34.6 Å². The minimum absolute atomic E-state index is 0.0517. The molecule has 0 radical (unpaired) electrons. The van der Waals surface area contributed by atoms with Crippen molar-refractivity contribution in [1.29, 1.82) is 0 Å². The maximum atomic E-state index is 12.3. The summed E-state index contributed by atoms with van der Waals surface area (Å²) in [4.78, 5) is 26.9. The summed E-state index contributed by atoms with van der Waals surface area (Å²) in [6.45, 7) is 5.28. The summed E-state index contributed by atoms with van der Waals surface area (Å²) in [7, 11) is 0. The second-order valence-electron chi connectivity index (χ2n) is 6.54. The van der Waals surface area contributed by atoms with Crippen molar-refractivity contribution in [2.45, 2.75) is 6.92 Å². The number of aryl methyl sites for hydroxylation is 1. The van der Waals surface area contributed by atoms with Gasteiger partial charge in [-0.05, 0) is 42.8 Å². The van der Waals surface area contributed by atoms with E-state index < -0.39 is 4.92 Å². The SMILES string of the molecule is Cc1cc(Cl)ccc1NC(=O)CN1CCN(c2ccc([N+](=O)[O-])cc2)CC1. The summed E-state index contributed by atoms with van der Waals surface area (Å²) in [6.07, 6.45) is 0. The standard InChI is InChI=1S/C19H21ClN4O3/c1-14-12-15(20)2-7-18(14)21-19(25)13-22-8-10-23(11-9-22)16-3-5-17(6-4-16)24(26)27/h2-7,12H,8-11,13H2,1H3,(H,21,25). The van der Waals surface area contributed by atoms with Gasteiger partial charge in [0.15, 0.2) is 0 Å². The van der Waals surface area contributed by atoms with Crippen LogP contribution in [-0.4, -0.2) is 48.5 Å². The molecule has 0 saturated carbocycles. The largest absolute Gasteiger partial charge is 0.369 e. The van der Waals surface area contributed by atoms with Crippen molar-refractivity contribution in [3.05, 3.63) is 63.2 Å². The molecule has 2 aromatic carbocycles. The van der Waals surface area contributed by atoms with E-state index in [0.29, 0.717) is 11.6 Å². The number of piperazine rings is 1. The topological polar surface area (TPSA) is 78.7 Å². The molecule has 7 nitrogen and oxygen atoms in total. The second kappa shape index (κ2) is 8.37. The Morgan fingerprint density at radius 2 is 1.81 bits per heavy atom. The highest BCUT2D eigenvalue weighted by Gasteiger charge is 2.20. The van der Waals surface area contributed by atoms with Gasteiger partial charge in [-0.3, -0.25) is 19.8 Å². The van der Waals surface area contributed by atoms with Crippen LogP contribution in [0.1, 0.15) is 5.56 Å². The number of anilines is 2. The Labute approximate surface area is 162 Å². The third kappa shape index (κ3) is 4.96. The van der Waals surface area contributed by atoms with E-state index in [4.69, 9.17) is 11.6 Å². The Morgan fingerprint density at radius 1 is 1.15 bits per heavy atom. The number of nitrogens with zero attached hydrogens (tertiary/aromatic N) is 3. The zero-order chi connectivity index (χ0) is 19.4. The number of carbonyl (C=O) groups excluding carboxylic acids is 1. The Balaban J connectivity index is 1.50. The van der Waals surface area contributed by atoms with Gasteiger partial charge in [0.2, 0.25) is 5.91 Å². The molecule has 1 amide bonds. The summed E-state index contributed by atoms with van der Waals surface area (Å²) in [5.74, 6) is -0.0517. The maximum absolute atomic E-state index is 12.3. The molecule has 1 aliphatic heterocycles. The van der Waals surface area contributed by atoms with Gasteiger partial charge in [-0.1, -0.05) is 11.6 Å². The van der Waals surface area contributed by atoms with Gasteiger partial charge in [-0.2, -0.15) is 0 Å². The van der Waals surface area contributed by atoms with E-state index >= 15 is 0 Å². The van der Waals surface area contributed by atoms with Gasteiger partial charge >= 0.3 is 0 Å². The average Bonchev–Trinajstić information content (AvgIpc) is 2.65. The second-order valence-corrected chi connectivity index (χ2v) is 6.98. The quantitative estimate of drug-likeness (QED) is 0.628. The van der Waals surface area contributed by atoms with Crippen LogP contribution in [0.3, 0.4) is 0 Å². The molecule has 142 valence electrons. The summed E-state index contributed by atoms with van der Waals surface area (Å²) < 4.78 is 0. The summed E-state index contributed by atoms with van der Waals surface area (Å²) >= 11 is 5.94. The van der Waals surface area contributed by atoms with Gasteiger partial charge < -0.3 is 10.2 Å². The molecule has 1 fully saturated rings. The number of hydrogen-bond donors (Lipinski definition) is 1. The van der Waals surface area contributed by atoms with Crippen LogP contribution in [0.15, 0.2) is 42.5 Å². The lowest BCUT2D eigenvalue weighted by atomic mass is 10.2. The van der Waals surface area contributed by atoms with Crippen LogP contribution in [0.4, 0.5) is 17.1 Å². The molecule has 8 heteroatoms. The van der Waals surface area contributed by atoms with Crippen molar-refractivity contribution in [3.63, 3.8) is 0 Å². The van der Waals surface area contributed by atoms with E-state index in [1.807, 2.05) is 19.1 Å². The van der Waals surface area contributed by atoms with Gasteiger partial charge in [0, 0.05) is 54.7 Å². The number of nitro benzene ring substituents is 1. The zero-order valence-corrected chi connectivity index (χ0v) is 15.8. The first-order chi connectivity index (χ1) is 12.9. The number of non-ortho nitro benzene ring substituents is 1. The van der Waals surface area contributed by atoms with E-state index in [2.05, 4.69) is 15.1 Å². The molecule has 3 rings (SSSR count). The first-order valence-electron chi connectivity index (χ1n) is 8.70. The van der Waals surface area contributed by atoms with Crippen molar-refractivity contribution in [3.8, 4) is 0 Å². The van der Waals surface area contributed by atoms with E-state index in [0.717, 1.165) is 43.1 Å². The highest BCUT2D eigenvalue weighted by Crippen LogP contribution is 2.21. The molecule has 2 aromatic rings. The highest BCUT2D eigenvalue weighted by atomic mass is 35.5. The number of halogens is 1. The van der Waals surface area contributed by atoms with Gasteiger partial charge in [0.1, 0.15) is 0 Å². The third-order valence-electron chi connectivity index (χ3n) is 4.63. The molecule has 1 aliphatic rings. The minimum Gasteiger partial charge on any atom is -0.369 e. The summed E-state index contributed by atoms with van der Waals surface area (Å²) in [5, 5.41) is 14.3. The van der Waals surface area contributed by atoms with Crippen LogP contribution in [0.25, 0.3) is 0 Å². The molecule has 0 atom stereocenters. The van der Waals surface area contributed by atoms with Crippen LogP contribution in [0.2, 0.25) is 5.02 Å². The maximum Gasteiger partial charge on any atom is 0.269 e. The van der Waals surface area contributed by atoms with E-state index in [1.54, 1.807) is 18.2 Å². The fourth-order valence-electron chi connectivity index (χ4n) is 3.11. The molecule has 1 saturated heterocycles. The third-order valence-corrected chi connectivity index (χ3v) is 4.86.